The Kier molecular flexibility index (Phi) is 5.08. The van der Waals surface area contributed by atoms with E-state index in [4.69, 9.17) is 0 Å². The van der Waals surface area contributed by atoms with E-state index in [1.165, 1.54) is 18.4 Å². The molecule has 126 valence electrons. The van der Waals surface area contributed by atoms with E-state index in [2.05, 4.69) is 53.6 Å². The monoisotopic (exact) mass is 324 g/mol. The van der Waals surface area contributed by atoms with Crippen LogP contribution in [0, 0.1) is 6.92 Å². The number of nitrogens with zero attached hydrogens (tertiary/aromatic N) is 3. The van der Waals surface area contributed by atoms with E-state index in [0.29, 0.717) is 19.0 Å². The SMILES string of the molecule is CC/C(=C/C(=O)NCCn1cnnc1C1CC1)c1ccc(C)cc1. The van der Waals surface area contributed by atoms with Crippen molar-refractivity contribution in [3.8, 4) is 0 Å². The van der Waals surface area contributed by atoms with Gasteiger partial charge >= 0.3 is 0 Å². The predicted octanol–water partition coefficient (Wildman–Crippen LogP) is 3.07. The molecule has 0 atom stereocenters. The molecule has 1 amide bonds. The lowest BCUT2D eigenvalue weighted by molar-refractivity contribution is -0.116. The maximum Gasteiger partial charge on any atom is 0.244 e. The number of hydrogen-bond acceptors (Lipinski definition) is 3. The van der Waals surface area contributed by atoms with Gasteiger partial charge in [0, 0.05) is 25.1 Å². The molecule has 0 unspecified atom stereocenters. The smallest absolute Gasteiger partial charge is 0.244 e. The number of allylic oxidation sites excluding steroid dienone is 1. The third-order valence-electron chi connectivity index (χ3n) is 4.35. The third kappa shape index (κ3) is 4.10. The van der Waals surface area contributed by atoms with Gasteiger partial charge in [-0.15, -0.1) is 10.2 Å². The van der Waals surface area contributed by atoms with E-state index >= 15 is 0 Å². The molecule has 2 aromatic rings. The second-order valence-corrected chi connectivity index (χ2v) is 6.34. The molecule has 1 aliphatic carbocycles. The summed E-state index contributed by atoms with van der Waals surface area (Å²) in [6, 6.07) is 8.28. The number of carbonyl (C=O) groups excluding carboxylic acids is 1. The molecule has 24 heavy (non-hydrogen) atoms. The molecule has 5 nitrogen and oxygen atoms in total. The number of hydrogen-bond donors (Lipinski definition) is 1. The highest BCUT2D eigenvalue weighted by atomic mass is 16.1. The van der Waals surface area contributed by atoms with Gasteiger partial charge in [0.2, 0.25) is 5.91 Å². The number of rotatable bonds is 7. The number of amides is 1. The summed E-state index contributed by atoms with van der Waals surface area (Å²) in [6.07, 6.45) is 6.68. The molecular formula is C19H24N4O. The molecule has 1 N–H and O–H groups in total. The first-order valence-electron chi connectivity index (χ1n) is 8.60. The molecule has 0 spiro atoms. The Morgan fingerprint density at radius 2 is 2.08 bits per heavy atom. The minimum Gasteiger partial charge on any atom is -0.351 e. The first-order valence-corrected chi connectivity index (χ1v) is 8.60. The Labute approximate surface area is 142 Å². The summed E-state index contributed by atoms with van der Waals surface area (Å²) < 4.78 is 2.04. The molecule has 1 fully saturated rings. The highest BCUT2D eigenvalue weighted by Crippen LogP contribution is 2.38. The van der Waals surface area contributed by atoms with Crippen LogP contribution in [0.15, 0.2) is 36.7 Å². The van der Waals surface area contributed by atoms with Gasteiger partial charge in [0.05, 0.1) is 0 Å². The van der Waals surface area contributed by atoms with Gasteiger partial charge in [-0.25, -0.2) is 0 Å². The average molecular weight is 324 g/mol. The van der Waals surface area contributed by atoms with Gasteiger partial charge in [-0.2, -0.15) is 0 Å². The quantitative estimate of drug-likeness (QED) is 0.796. The standard InChI is InChI=1S/C19H24N4O/c1-3-15(16-6-4-14(2)5-7-16)12-18(24)20-10-11-23-13-21-22-19(23)17-8-9-17/h4-7,12-13,17H,3,8-11H2,1-2H3,(H,20,24)/b15-12-. The largest absolute Gasteiger partial charge is 0.351 e. The summed E-state index contributed by atoms with van der Waals surface area (Å²) in [5.74, 6) is 1.57. The van der Waals surface area contributed by atoms with Gasteiger partial charge in [0.15, 0.2) is 0 Å². The van der Waals surface area contributed by atoms with Crippen molar-refractivity contribution in [3.05, 3.63) is 53.6 Å². The fourth-order valence-electron chi connectivity index (χ4n) is 2.76. The van der Waals surface area contributed by atoms with Crippen LogP contribution < -0.4 is 5.32 Å². The normalized spacial score (nSPS) is 14.7. The fourth-order valence-corrected chi connectivity index (χ4v) is 2.76. The molecule has 1 saturated carbocycles. The summed E-state index contributed by atoms with van der Waals surface area (Å²) >= 11 is 0. The van der Waals surface area contributed by atoms with E-state index in [1.54, 1.807) is 12.4 Å². The average Bonchev–Trinajstić information content (AvgIpc) is 3.32. The van der Waals surface area contributed by atoms with Crippen molar-refractivity contribution in [2.24, 2.45) is 0 Å². The highest BCUT2D eigenvalue weighted by molar-refractivity contribution is 5.95. The predicted molar refractivity (Wildman–Crippen MR) is 94.5 cm³/mol. The summed E-state index contributed by atoms with van der Waals surface area (Å²) in [7, 11) is 0. The van der Waals surface area contributed by atoms with Crippen molar-refractivity contribution in [2.75, 3.05) is 6.54 Å². The number of carbonyl (C=O) groups is 1. The minimum absolute atomic E-state index is 0.0477. The Morgan fingerprint density at radius 3 is 2.75 bits per heavy atom. The number of nitrogens with one attached hydrogen (secondary N) is 1. The Balaban J connectivity index is 1.55. The van der Waals surface area contributed by atoms with Gasteiger partial charge < -0.3 is 9.88 Å². The van der Waals surface area contributed by atoms with Crippen LogP contribution in [0.3, 0.4) is 0 Å². The minimum atomic E-state index is -0.0477. The Morgan fingerprint density at radius 1 is 1.33 bits per heavy atom. The van der Waals surface area contributed by atoms with Gasteiger partial charge in [-0.05, 0) is 37.3 Å². The highest BCUT2D eigenvalue weighted by Gasteiger charge is 2.28. The topological polar surface area (TPSA) is 59.8 Å². The molecule has 0 radical (unpaired) electrons. The van der Waals surface area contributed by atoms with E-state index in [1.807, 2.05) is 4.57 Å². The van der Waals surface area contributed by atoms with Gasteiger partial charge in [0.1, 0.15) is 12.2 Å². The molecule has 1 aliphatic rings. The molecule has 5 heteroatoms. The van der Waals surface area contributed by atoms with Gasteiger partial charge in [-0.3, -0.25) is 4.79 Å². The van der Waals surface area contributed by atoms with E-state index < -0.39 is 0 Å². The summed E-state index contributed by atoms with van der Waals surface area (Å²) in [5, 5.41) is 11.1. The molecule has 0 aliphatic heterocycles. The molecule has 3 rings (SSSR count). The zero-order chi connectivity index (χ0) is 16.9. The Hall–Kier alpha value is -2.43. The van der Waals surface area contributed by atoms with Crippen molar-refractivity contribution in [3.63, 3.8) is 0 Å². The first kappa shape index (κ1) is 16.4. The zero-order valence-corrected chi connectivity index (χ0v) is 14.3. The van der Waals surface area contributed by atoms with Crippen molar-refractivity contribution in [1.82, 2.24) is 20.1 Å². The van der Waals surface area contributed by atoms with E-state index in [0.717, 1.165) is 23.4 Å². The summed E-state index contributed by atoms with van der Waals surface area (Å²) in [5.41, 5.74) is 3.38. The lowest BCUT2D eigenvalue weighted by Gasteiger charge is -2.08. The van der Waals surface area contributed by atoms with Crippen molar-refractivity contribution in [1.29, 1.82) is 0 Å². The fraction of sp³-hybridized carbons (Fsp3) is 0.421. The van der Waals surface area contributed by atoms with Gasteiger partial charge in [-0.1, -0.05) is 36.8 Å². The number of aromatic nitrogens is 3. The maximum absolute atomic E-state index is 12.2. The molecular weight excluding hydrogens is 300 g/mol. The molecule has 0 bridgehead atoms. The third-order valence-corrected chi connectivity index (χ3v) is 4.35. The number of benzene rings is 1. The first-order chi connectivity index (χ1) is 11.7. The van der Waals surface area contributed by atoms with Crippen LogP contribution in [0.1, 0.15) is 49.1 Å². The zero-order valence-electron chi connectivity index (χ0n) is 14.3. The maximum atomic E-state index is 12.2. The van der Waals surface area contributed by atoms with Crippen LogP contribution in [0.5, 0.6) is 0 Å². The van der Waals surface area contributed by atoms with E-state index in [9.17, 15) is 4.79 Å². The van der Waals surface area contributed by atoms with Gasteiger partial charge in [0.25, 0.3) is 0 Å². The van der Waals surface area contributed by atoms with Crippen LogP contribution in [0.2, 0.25) is 0 Å². The lowest BCUT2D eigenvalue weighted by atomic mass is 10.0. The number of aryl methyl sites for hydroxylation is 1. The Bertz CT molecular complexity index is 726. The molecule has 1 heterocycles. The second-order valence-electron chi connectivity index (χ2n) is 6.34. The van der Waals surface area contributed by atoms with Crippen LogP contribution in [0.4, 0.5) is 0 Å². The summed E-state index contributed by atoms with van der Waals surface area (Å²) in [6.45, 7) is 5.42. The lowest BCUT2D eigenvalue weighted by Crippen LogP contribution is -2.26. The summed E-state index contributed by atoms with van der Waals surface area (Å²) in [4.78, 5) is 12.2. The van der Waals surface area contributed by atoms with Crippen molar-refractivity contribution in [2.45, 2.75) is 45.6 Å². The van der Waals surface area contributed by atoms with Crippen LogP contribution in [-0.4, -0.2) is 27.2 Å². The molecule has 1 aromatic heterocycles. The molecule has 0 saturated heterocycles. The van der Waals surface area contributed by atoms with Crippen LogP contribution in [-0.2, 0) is 11.3 Å². The molecule has 1 aromatic carbocycles. The van der Waals surface area contributed by atoms with Crippen LogP contribution >= 0.6 is 0 Å². The van der Waals surface area contributed by atoms with Crippen molar-refractivity contribution >= 4 is 11.5 Å². The van der Waals surface area contributed by atoms with Crippen molar-refractivity contribution < 1.29 is 4.79 Å². The van der Waals surface area contributed by atoms with E-state index in [-0.39, 0.29) is 5.91 Å². The second kappa shape index (κ2) is 7.43. The van der Waals surface area contributed by atoms with Crippen LogP contribution in [0.25, 0.3) is 5.57 Å².